The Balaban J connectivity index is 1.13. The number of likely N-dealkylation sites (tertiary alicyclic amines) is 1. The van der Waals surface area contributed by atoms with Crippen LogP contribution in [0.4, 0.5) is 5.82 Å². The van der Waals surface area contributed by atoms with E-state index in [1.165, 1.54) is 18.5 Å². The summed E-state index contributed by atoms with van der Waals surface area (Å²) in [4.78, 5) is 41.4. The van der Waals surface area contributed by atoms with Crippen molar-refractivity contribution >= 4 is 23.3 Å². The van der Waals surface area contributed by atoms with Crippen molar-refractivity contribution in [1.29, 1.82) is 0 Å². The van der Waals surface area contributed by atoms with Crippen LogP contribution in [0.3, 0.4) is 0 Å². The van der Waals surface area contributed by atoms with E-state index in [0.717, 1.165) is 49.5 Å². The van der Waals surface area contributed by atoms with Gasteiger partial charge in [-0.1, -0.05) is 12.2 Å². The maximum atomic E-state index is 13.4. The van der Waals surface area contributed by atoms with Crippen LogP contribution in [0.1, 0.15) is 50.6 Å². The number of hydrogen-bond acceptors (Lipinski definition) is 7. The quantitative estimate of drug-likeness (QED) is 0.626. The normalized spacial score (nSPS) is 24.7. The van der Waals surface area contributed by atoms with Gasteiger partial charge in [0.15, 0.2) is 5.65 Å². The number of hydrogen-bond donors (Lipinski definition) is 1. The molecule has 202 valence electrons. The second kappa shape index (κ2) is 10.8. The summed E-state index contributed by atoms with van der Waals surface area (Å²) < 4.78 is 7.55. The number of rotatable bonds is 6. The molecular weight excluding hydrogens is 482 g/mol. The number of amides is 2. The average molecular weight is 520 g/mol. The molecule has 1 N–H and O–H groups in total. The average Bonchev–Trinajstić information content (AvgIpc) is 3.75. The van der Waals surface area contributed by atoms with Gasteiger partial charge in [-0.3, -0.25) is 19.0 Å². The van der Waals surface area contributed by atoms with Crippen LogP contribution in [0.2, 0.25) is 0 Å². The Kier molecular flexibility index (Phi) is 7.06. The van der Waals surface area contributed by atoms with Gasteiger partial charge in [-0.2, -0.15) is 0 Å². The molecule has 38 heavy (non-hydrogen) atoms. The maximum absolute atomic E-state index is 13.4. The lowest BCUT2D eigenvalue weighted by atomic mass is 9.95. The first-order valence-corrected chi connectivity index (χ1v) is 14.0. The Morgan fingerprint density at radius 1 is 1.08 bits per heavy atom. The molecule has 3 saturated heterocycles. The highest BCUT2D eigenvalue weighted by atomic mass is 16.5. The first kappa shape index (κ1) is 24.9. The van der Waals surface area contributed by atoms with Crippen molar-refractivity contribution in [2.24, 2.45) is 0 Å². The molecule has 1 aliphatic carbocycles. The number of imidazole rings is 1. The molecule has 0 saturated carbocycles. The molecule has 3 unspecified atom stereocenters. The lowest BCUT2D eigenvalue weighted by Crippen LogP contribution is -2.55. The van der Waals surface area contributed by atoms with Crippen LogP contribution in [0.15, 0.2) is 42.5 Å². The van der Waals surface area contributed by atoms with Crippen LogP contribution >= 0.6 is 0 Å². The predicted octanol–water partition coefficient (Wildman–Crippen LogP) is 2.40. The molecule has 3 atom stereocenters. The van der Waals surface area contributed by atoms with Gasteiger partial charge in [0, 0.05) is 69.9 Å². The van der Waals surface area contributed by atoms with Crippen LogP contribution in [0, 0.1) is 0 Å². The summed E-state index contributed by atoms with van der Waals surface area (Å²) in [6, 6.07) is -0.439. The van der Waals surface area contributed by atoms with Crippen molar-refractivity contribution in [1.82, 2.24) is 29.1 Å². The number of aromatic nitrogens is 3. The summed E-state index contributed by atoms with van der Waals surface area (Å²) in [7, 11) is 0. The molecular formula is C28H37N7O3. The number of carbonyl (C=O) groups excluding carboxylic acids is 2. The summed E-state index contributed by atoms with van der Waals surface area (Å²) >= 11 is 0. The Morgan fingerprint density at radius 3 is 2.58 bits per heavy atom. The van der Waals surface area contributed by atoms with Gasteiger partial charge in [0.1, 0.15) is 18.0 Å². The first-order valence-electron chi connectivity index (χ1n) is 14.0. The summed E-state index contributed by atoms with van der Waals surface area (Å²) in [5, 5.41) is 3.49. The van der Waals surface area contributed by atoms with Crippen molar-refractivity contribution in [3.63, 3.8) is 0 Å². The van der Waals surface area contributed by atoms with E-state index in [1.54, 1.807) is 12.4 Å². The highest BCUT2D eigenvalue weighted by molar-refractivity contribution is 5.85. The molecule has 3 aliphatic heterocycles. The summed E-state index contributed by atoms with van der Waals surface area (Å²) in [6.45, 7) is 6.97. The zero-order valence-corrected chi connectivity index (χ0v) is 22.1. The van der Waals surface area contributed by atoms with Gasteiger partial charge in [-0.15, -0.1) is 0 Å². The largest absolute Gasteiger partial charge is 0.372 e. The number of anilines is 1. The molecule has 0 bridgehead atoms. The molecule has 0 spiro atoms. The minimum absolute atomic E-state index is 0.0274. The molecule has 10 nitrogen and oxygen atoms in total. The molecule has 2 aromatic heterocycles. The van der Waals surface area contributed by atoms with E-state index in [2.05, 4.69) is 33.4 Å². The highest BCUT2D eigenvalue weighted by Gasteiger charge is 2.33. The molecule has 4 aliphatic rings. The van der Waals surface area contributed by atoms with Crippen molar-refractivity contribution in [2.75, 3.05) is 51.2 Å². The van der Waals surface area contributed by atoms with Gasteiger partial charge in [0.25, 0.3) is 5.91 Å². The van der Waals surface area contributed by atoms with Gasteiger partial charge >= 0.3 is 0 Å². The number of nitrogens with zero attached hydrogens (tertiary/aromatic N) is 6. The van der Waals surface area contributed by atoms with E-state index in [4.69, 9.17) is 9.72 Å². The summed E-state index contributed by atoms with van der Waals surface area (Å²) in [5.41, 5.74) is 2.99. The number of carbonyl (C=O) groups is 2. The Labute approximate surface area is 223 Å². The third-order valence-corrected chi connectivity index (χ3v) is 8.19. The van der Waals surface area contributed by atoms with Gasteiger partial charge < -0.3 is 24.8 Å². The fraction of sp³-hybridized carbons (Fsp3) is 0.571. The summed E-state index contributed by atoms with van der Waals surface area (Å²) in [5.74, 6) is 1.05. The van der Waals surface area contributed by atoms with Crippen LogP contribution < -0.4 is 5.32 Å². The van der Waals surface area contributed by atoms with E-state index in [9.17, 15) is 9.59 Å². The molecule has 6 rings (SSSR count). The third kappa shape index (κ3) is 4.89. The number of piperazine rings is 1. The topological polar surface area (TPSA) is 95.3 Å². The maximum Gasteiger partial charge on any atom is 0.251 e. The Bertz CT molecular complexity index is 1230. The van der Waals surface area contributed by atoms with Crippen LogP contribution in [0.5, 0.6) is 0 Å². The van der Waals surface area contributed by atoms with Crippen LogP contribution in [0.25, 0.3) is 5.65 Å². The van der Waals surface area contributed by atoms with Gasteiger partial charge in [0.05, 0.1) is 11.9 Å². The van der Waals surface area contributed by atoms with Gasteiger partial charge in [0.2, 0.25) is 5.91 Å². The molecule has 0 aromatic carbocycles. The van der Waals surface area contributed by atoms with E-state index in [0.29, 0.717) is 32.8 Å². The fourth-order valence-corrected chi connectivity index (χ4v) is 6.01. The summed E-state index contributed by atoms with van der Waals surface area (Å²) in [6.07, 6.45) is 17.0. The second-order valence-electron chi connectivity index (χ2n) is 10.7. The van der Waals surface area contributed by atoms with Crippen LogP contribution in [-0.4, -0.2) is 98.9 Å². The minimum atomic E-state index is -0.439. The zero-order valence-electron chi connectivity index (χ0n) is 22.1. The van der Waals surface area contributed by atoms with Crippen molar-refractivity contribution in [3.05, 3.63) is 48.2 Å². The molecule has 5 heterocycles. The molecule has 2 amide bonds. The third-order valence-electron chi connectivity index (χ3n) is 8.19. The van der Waals surface area contributed by atoms with Crippen molar-refractivity contribution < 1.29 is 14.3 Å². The lowest BCUT2D eigenvalue weighted by molar-refractivity contribution is -0.146. The van der Waals surface area contributed by atoms with Crippen molar-refractivity contribution in [3.8, 4) is 0 Å². The predicted molar refractivity (Wildman–Crippen MR) is 144 cm³/mol. The molecule has 2 aromatic rings. The zero-order chi connectivity index (χ0) is 26.1. The SMILES string of the molecule is CC(Nc1c(C2C=CC(N3CCCC3)=CC2)nc2cnccn12)C(=O)N1CCN(C(=O)C2CCCO2)CC1. The standard InChI is InChI=1S/C28H37N7O3/c1-20(27(36)33-14-16-34(17-15-33)28(37)23-5-4-18-38-23)30-26-25(31-24-19-29-10-13-35(24)26)21-6-8-22(9-7-21)32-11-2-3-12-32/h6,8-10,13,19-21,23,30H,2-5,7,11-12,14-18H2,1H3. The Hall–Kier alpha value is -3.40. The molecule has 3 fully saturated rings. The number of fused-ring (bicyclic) bond motifs is 1. The minimum Gasteiger partial charge on any atom is -0.372 e. The van der Waals surface area contributed by atoms with E-state index in [-0.39, 0.29) is 23.8 Å². The number of ether oxygens (including phenoxy) is 1. The lowest BCUT2D eigenvalue weighted by Gasteiger charge is -2.37. The van der Waals surface area contributed by atoms with Crippen LogP contribution in [-0.2, 0) is 14.3 Å². The first-order chi connectivity index (χ1) is 18.6. The second-order valence-corrected chi connectivity index (χ2v) is 10.7. The fourth-order valence-electron chi connectivity index (χ4n) is 6.01. The highest BCUT2D eigenvalue weighted by Crippen LogP contribution is 2.34. The molecule has 0 radical (unpaired) electrons. The smallest absolute Gasteiger partial charge is 0.251 e. The van der Waals surface area contributed by atoms with E-state index in [1.807, 2.05) is 27.3 Å². The number of nitrogens with one attached hydrogen (secondary N) is 1. The van der Waals surface area contributed by atoms with Crippen molar-refractivity contribution in [2.45, 2.75) is 57.1 Å². The van der Waals surface area contributed by atoms with E-state index < -0.39 is 6.04 Å². The van der Waals surface area contributed by atoms with Gasteiger partial charge in [-0.05, 0) is 45.1 Å². The monoisotopic (exact) mass is 519 g/mol. The van der Waals surface area contributed by atoms with Gasteiger partial charge in [-0.25, -0.2) is 4.98 Å². The Morgan fingerprint density at radius 2 is 1.87 bits per heavy atom. The molecule has 10 heteroatoms. The number of allylic oxidation sites excluding steroid dienone is 3. The van der Waals surface area contributed by atoms with E-state index >= 15 is 0 Å².